The first-order valence-electron chi connectivity index (χ1n) is 7.95. The fraction of sp³-hybridized carbons (Fsp3) is 0.333. The van der Waals surface area contributed by atoms with Crippen LogP contribution in [0.25, 0.3) is 0 Å². The van der Waals surface area contributed by atoms with E-state index < -0.39 is 35.8 Å². The Hall–Kier alpha value is -2.97. The Balaban J connectivity index is 2.13. The smallest absolute Gasteiger partial charge is 0.421 e. The molecule has 146 valence electrons. The minimum atomic E-state index is -4.77. The number of hydrogen-bond donors (Lipinski definition) is 1. The maximum absolute atomic E-state index is 12.8. The summed E-state index contributed by atoms with van der Waals surface area (Å²) in [4.78, 5) is 24.1. The highest BCUT2D eigenvalue weighted by Gasteiger charge is 2.34. The second-order valence-electron chi connectivity index (χ2n) is 5.76. The van der Waals surface area contributed by atoms with Crippen molar-refractivity contribution in [1.29, 1.82) is 0 Å². The lowest BCUT2D eigenvalue weighted by molar-refractivity contribution is -0.139. The molecule has 1 heterocycles. The molecule has 1 amide bonds. The van der Waals surface area contributed by atoms with Crippen molar-refractivity contribution in [1.82, 2.24) is 9.88 Å². The molecule has 0 aliphatic rings. The number of alkyl halides is 3. The maximum Gasteiger partial charge on any atom is 0.421 e. The van der Waals surface area contributed by atoms with Crippen LogP contribution in [0, 0.1) is 0 Å². The standard InChI is InChI=1S/C18H19F3N2O4/c1-11(12-6-7-14(26-2)15(9-12)27-3)22-16(24)10-23-8-4-5-13(17(23)25)18(19,20)21/h4-9,11H,10H2,1-3H3,(H,22,24). The van der Waals surface area contributed by atoms with Crippen LogP contribution < -0.4 is 20.3 Å². The average Bonchev–Trinajstić information content (AvgIpc) is 2.61. The van der Waals surface area contributed by atoms with Crippen LogP contribution in [-0.2, 0) is 17.5 Å². The number of carbonyl (C=O) groups is 1. The molecule has 0 bridgehead atoms. The number of aromatic nitrogens is 1. The van der Waals surface area contributed by atoms with Crippen LogP contribution in [0.1, 0.15) is 24.1 Å². The largest absolute Gasteiger partial charge is 0.493 e. The van der Waals surface area contributed by atoms with Crippen LogP contribution in [0.3, 0.4) is 0 Å². The summed E-state index contributed by atoms with van der Waals surface area (Å²) in [6.45, 7) is 1.18. The number of hydrogen-bond acceptors (Lipinski definition) is 4. The highest BCUT2D eigenvalue weighted by Crippen LogP contribution is 2.30. The first-order valence-corrected chi connectivity index (χ1v) is 7.95. The van der Waals surface area contributed by atoms with Gasteiger partial charge in [-0.1, -0.05) is 6.07 Å². The summed E-state index contributed by atoms with van der Waals surface area (Å²) < 4.78 is 49.4. The van der Waals surface area contributed by atoms with E-state index in [9.17, 15) is 22.8 Å². The predicted molar refractivity (Wildman–Crippen MR) is 91.8 cm³/mol. The summed E-state index contributed by atoms with van der Waals surface area (Å²) in [6.07, 6.45) is -3.64. The van der Waals surface area contributed by atoms with Gasteiger partial charge in [-0.3, -0.25) is 9.59 Å². The number of halogens is 3. The Morgan fingerprint density at radius 1 is 1.19 bits per heavy atom. The van der Waals surface area contributed by atoms with Crippen LogP contribution >= 0.6 is 0 Å². The topological polar surface area (TPSA) is 69.6 Å². The van der Waals surface area contributed by atoms with E-state index in [0.717, 1.165) is 16.8 Å². The first kappa shape index (κ1) is 20.3. The second-order valence-corrected chi connectivity index (χ2v) is 5.76. The predicted octanol–water partition coefficient (Wildman–Crippen LogP) is 2.76. The second kappa shape index (κ2) is 8.15. The van der Waals surface area contributed by atoms with Crippen LogP contribution in [-0.4, -0.2) is 24.7 Å². The third kappa shape index (κ3) is 4.81. The molecular formula is C18H19F3N2O4. The van der Waals surface area contributed by atoms with Gasteiger partial charge in [0.2, 0.25) is 5.91 Å². The Morgan fingerprint density at radius 2 is 1.85 bits per heavy atom. The summed E-state index contributed by atoms with van der Waals surface area (Å²) in [7, 11) is 2.97. The highest BCUT2D eigenvalue weighted by atomic mass is 19.4. The zero-order valence-electron chi connectivity index (χ0n) is 15.0. The van der Waals surface area contributed by atoms with E-state index in [1.165, 1.54) is 14.2 Å². The highest BCUT2D eigenvalue weighted by molar-refractivity contribution is 5.76. The van der Waals surface area contributed by atoms with Gasteiger partial charge >= 0.3 is 6.18 Å². The van der Waals surface area contributed by atoms with Crippen LogP contribution in [0.4, 0.5) is 13.2 Å². The molecule has 2 rings (SSSR count). The number of pyridine rings is 1. The molecule has 1 atom stereocenters. The molecule has 2 aromatic rings. The fourth-order valence-electron chi connectivity index (χ4n) is 2.52. The molecule has 1 aromatic carbocycles. The van der Waals surface area contributed by atoms with Gasteiger partial charge in [-0.15, -0.1) is 0 Å². The van der Waals surface area contributed by atoms with Crippen molar-refractivity contribution in [2.24, 2.45) is 0 Å². The van der Waals surface area contributed by atoms with E-state index >= 15 is 0 Å². The van der Waals surface area contributed by atoms with Crippen LogP contribution in [0.15, 0.2) is 41.3 Å². The zero-order valence-corrected chi connectivity index (χ0v) is 15.0. The Kier molecular flexibility index (Phi) is 6.14. The van der Waals surface area contributed by atoms with Crippen molar-refractivity contribution in [2.45, 2.75) is 25.7 Å². The Labute approximate surface area is 153 Å². The minimum absolute atomic E-state index is 0.459. The summed E-state index contributed by atoms with van der Waals surface area (Å²) in [6, 6.07) is 6.38. The lowest BCUT2D eigenvalue weighted by Gasteiger charge is -2.17. The van der Waals surface area contributed by atoms with Gasteiger partial charge in [-0.25, -0.2) is 0 Å². The molecule has 0 radical (unpaired) electrons. The number of nitrogens with one attached hydrogen (secondary N) is 1. The van der Waals surface area contributed by atoms with E-state index in [2.05, 4.69) is 5.32 Å². The fourth-order valence-corrected chi connectivity index (χ4v) is 2.52. The molecule has 0 aliphatic carbocycles. The van der Waals surface area contributed by atoms with E-state index in [0.29, 0.717) is 23.1 Å². The van der Waals surface area contributed by atoms with Gasteiger partial charge in [0.1, 0.15) is 12.1 Å². The molecule has 0 aliphatic heterocycles. The molecule has 1 unspecified atom stereocenters. The molecule has 1 N–H and O–H groups in total. The third-order valence-electron chi connectivity index (χ3n) is 3.92. The first-order chi connectivity index (χ1) is 12.7. The number of ether oxygens (including phenoxy) is 2. The molecule has 0 saturated carbocycles. The van der Waals surface area contributed by atoms with E-state index in [-0.39, 0.29) is 0 Å². The summed E-state index contributed by atoms with van der Waals surface area (Å²) >= 11 is 0. The van der Waals surface area contributed by atoms with Gasteiger partial charge in [0, 0.05) is 6.20 Å². The zero-order chi connectivity index (χ0) is 20.2. The van der Waals surface area contributed by atoms with E-state index in [1.54, 1.807) is 25.1 Å². The molecular weight excluding hydrogens is 365 g/mol. The number of methoxy groups -OCH3 is 2. The summed E-state index contributed by atoms with van der Waals surface area (Å²) in [5.74, 6) is 0.402. The van der Waals surface area contributed by atoms with Crippen molar-refractivity contribution in [2.75, 3.05) is 14.2 Å². The van der Waals surface area contributed by atoms with Crippen molar-refractivity contribution in [3.05, 3.63) is 58.0 Å². The normalized spacial score (nSPS) is 12.4. The van der Waals surface area contributed by atoms with E-state index in [4.69, 9.17) is 9.47 Å². The van der Waals surface area contributed by atoms with Crippen molar-refractivity contribution in [3.8, 4) is 11.5 Å². The molecule has 0 fully saturated rings. The summed E-state index contributed by atoms with van der Waals surface area (Å²) in [5, 5.41) is 2.64. The van der Waals surface area contributed by atoms with Gasteiger partial charge in [0.15, 0.2) is 11.5 Å². The molecule has 9 heteroatoms. The van der Waals surface area contributed by atoms with Crippen molar-refractivity contribution >= 4 is 5.91 Å². The molecule has 0 spiro atoms. The van der Waals surface area contributed by atoms with Gasteiger partial charge in [-0.2, -0.15) is 13.2 Å². The van der Waals surface area contributed by atoms with Gasteiger partial charge in [0.05, 0.1) is 20.3 Å². The monoisotopic (exact) mass is 384 g/mol. The number of amides is 1. The average molecular weight is 384 g/mol. The van der Waals surface area contributed by atoms with Crippen LogP contribution in [0.5, 0.6) is 11.5 Å². The SMILES string of the molecule is COc1ccc(C(C)NC(=O)Cn2cccc(C(F)(F)F)c2=O)cc1OC. The van der Waals surface area contributed by atoms with Gasteiger partial charge < -0.3 is 19.4 Å². The minimum Gasteiger partial charge on any atom is -0.493 e. The number of benzene rings is 1. The number of carbonyl (C=O) groups excluding carboxylic acids is 1. The Morgan fingerprint density at radius 3 is 2.44 bits per heavy atom. The maximum atomic E-state index is 12.8. The molecule has 1 aromatic heterocycles. The number of nitrogens with zero attached hydrogens (tertiary/aromatic N) is 1. The van der Waals surface area contributed by atoms with Crippen molar-refractivity contribution in [3.63, 3.8) is 0 Å². The van der Waals surface area contributed by atoms with Gasteiger partial charge in [-0.05, 0) is 36.8 Å². The summed E-state index contributed by atoms with van der Waals surface area (Å²) in [5.41, 5.74) is -1.87. The lowest BCUT2D eigenvalue weighted by atomic mass is 10.1. The molecule has 27 heavy (non-hydrogen) atoms. The van der Waals surface area contributed by atoms with Gasteiger partial charge in [0.25, 0.3) is 5.56 Å². The van der Waals surface area contributed by atoms with Crippen LogP contribution in [0.2, 0.25) is 0 Å². The van der Waals surface area contributed by atoms with E-state index in [1.807, 2.05) is 0 Å². The Bertz CT molecular complexity index is 878. The molecule has 0 saturated heterocycles. The molecule has 6 nitrogen and oxygen atoms in total. The quantitative estimate of drug-likeness (QED) is 0.832. The van der Waals surface area contributed by atoms with Crippen molar-refractivity contribution < 1.29 is 27.4 Å². The number of rotatable bonds is 6. The third-order valence-corrected chi connectivity index (χ3v) is 3.92. The lowest BCUT2D eigenvalue weighted by Crippen LogP contribution is -2.35.